The Balaban J connectivity index is 1.40. The van der Waals surface area contributed by atoms with Crippen LogP contribution in [0.4, 0.5) is 0 Å². The minimum absolute atomic E-state index is 0.102. The van der Waals surface area contributed by atoms with Gasteiger partial charge in [0.25, 0.3) is 0 Å². The summed E-state index contributed by atoms with van der Waals surface area (Å²) in [7, 11) is 0. The van der Waals surface area contributed by atoms with E-state index in [-0.39, 0.29) is 6.61 Å². The van der Waals surface area contributed by atoms with Crippen LogP contribution in [-0.2, 0) is 11.3 Å². The van der Waals surface area contributed by atoms with Gasteiger partial charge in [0.1, 0.15) is 19.8 Å². The normalized spacial score (nSPS) is 12.4. The van der Waals surface area contributed by atoms with Crippen LogP contribution >= 0.6 is 0 Å². The fraction of sp³-hybridized carbons (Fsp3) is 0.120. The predicted molar refractivity (Wildman–Crippen MR) is 116 cm³/mol. The molecular weight excluding hydrogens is 392 g/mol. The number of carbonyl (C=O) groups is 1. The van der Waals surface area contributed by atoms with Crippen molar-refractivity contribution in [2.75, 3.05) is 13.2 Å². The minimum atomic E-state index is -0.427. The first-order valence-corrected chi connectivity index (χ1v) is 10.0. The molecule has 0 unspecified atom stereocenters. The van der Waals surface area contributed by atoms with Gasteiger partial charge < -0.3 is 14.2 Å². The molecular formula is C25H20N2O4. The highest BCUT2D eigenvalue weighted by Crippen LogP contribution is 2.31. The van der Waals surface area contributed by atoms with Crippen LogP contribution in [0.1, 0.15) is 15.9 Å². The highest BCUT2D eigenvalue weighted by molar-refractivity contribution is 5.90. The molecule has 0 spiro atoms. The number of benzene rings is 3. The Morgan fingerprint density at radius 3 is 2.39 bits per heavy atom. The van der Waals surface area contributed by atoms with Crippen molar-refractivity contribution in [1.29, 1.82) is 0 Å². The van der Waals surface area contributed by atoms with Gasteiger partial charge in [0, 0.05) is 17.3 Å². The summed E-state index contributed by atoms with van der Waals surface area (Å²) in [5, 5.41) is 4.75. The average Bonchev–Trinajstić information content (AvgIpc) is 3.28. The maximum atomic E-state index is 12.7. The summed E-state index contributed by atoms with van der Waals surface area (Å²) in [6, 6.07) is 24.8. The van der Waals surface area contributed by atoms with Crippen molar-refractivity contribution in [2.24, 2.45) is 0 Å². The third-order valence-corrected chi connectivity index (χ3v) is 4.99. The lowest BCUT2D eigenvalue weighted by molar-refractivity contribution is 0.0472. The molecule has 0 amide bonds. The van der Waals surface area contributed by atoms with Crippen LogP contribution in [0.2, 0.25) is 0 Å². The molecule has 31 heavy (non-hydrogen) atoms. The summed E-state index contributed by atoms with van der Waals surface area (Å²) in [5.74, 6) is 0.768. The second-order valence-electron chi connectivity index (χ2n) is 7.08. The summed E-state index contributed by atoms with van der Waals surface area (Å²) < 4.78 is 18.5. The molecule has 3 aromatic carbocycles. The first kappa shape index (κ1) is 18.9. The van der Waals surface area contributed by atoms with Crippen LogP contribution in [0, 0.1) is 0 Å². The molecule has 0 radical (unpaired) electrons. The minimum Gasteiger partial charge on any atom is -0.486 e. The zero-order valence-corrected chi connectivity index (χ0v) is 16.7. The zero-order chi connectivity index (χ0) is 21.0. The quantitative estimate of drug-likeness (QED) is 0.446. The van der Waals surface area contributed by atoms with Crippen LogP contribution in [0.3, 0.4) is 0 Å². The van der Waals surface area contributed by atoms with Gasteiger partial charge >= 0.3 is 5.97 Å². The molecule has 0 saturated carbocycles. The van der Waals surface area contributed by atoms with E-state index in [1.54, 1.807) is 22.9 Å². The van der Waals surface area contributed by atoms with Crippen molar-refractivity contribution in [3.63, 3.8) is 0 Å². The summed E-state index contributed by atoms with van der Waals surface area (Å²) in [6.07, 6.45) is 1.90. The van der Waals surface area contributed by atoms with E-state index >= 15 is 0 Å². The van der Waals surface area contributed by atoms with E-state index < -0.39 is 5.97 Å². The molecule has 6 nitrogen and oxygen atoms in total. The van der Waals surface area contributed by atoms with Crippen LogP contribution in [0.5, 0.6) is 11.5 Å². The Kier molecular flexibility index (Phi) is 5.10. The SMILES string of the molecule is O=C(OCc1cn(-c2ccccc2)nc1-c1ccccc1)c1ccc2c(c1)OCCO2. The van der Waals surface area contributed by atoms with Gasteiger partial charge in [-0.15, -0.1) is 0 Å². The molecule has 5 rings (SSSR count). The molecule has 0 N–H and O–H groups in total. The smallest absolute Gasteiger partial charge is 0.338 e. The monoisotopic (exact) mass is 412 g/mol. The second kappa shape index (κ2) is 8.36. The number of aromatic nitrogens is 2. The maximum Gasteiger partial charge on any atom is 0.338 e. The molecule has 1 aromatic heterocycles. The summed E-state index contributed by atoms with van der Waals surface area (Å²) >= 11 is 0. The number of fused-ring (bicyclic) bond motifs is 1. The van der Waals surface area contributed by atoms with Crippen LogP contribution in [0.25, 0.3) is 16.9 Å². The van der Waals surface area contributed by atoms with Gasteiger partial charge in [-0.2, -0.15) is 5.10 Å². The molecule has 6 heteroatoms. The van der Waals surface area contributed by atoms with Crippen molar-refractivity contribution in [3.8, 4) is 28.4 Å². The molecule has 4 aromatic rings. The van der Waals surface area contributed by atoms with Gasteiger partial charge in [-0.3, -0.25) is 0 Å². The number of esters is 1. The Hall–Kier alpha value is -4.06. The highest BCUT2D eigenvalue weighted by Gasteiger charge is 2.18. The molecule has 0 saturated heterocycles. The van der Waals surface area contributed by atoms with E-state index in [4.69, 9.17) is 19.3 Å². The Labute approximate surface area is 179 Å². The number of carbonyl (C=O) groups excluding carboxylic acids is 1. The standard InChI is InChI=1S/C25H20N2O4/c28-25(19-11-12-22-23(15-19)30-14-13-29-22)31-17-20-16-27(21-9-5-2-6-10-21)26-24(20)18-7-3-1-4-8-18/h1-12,15-16H,13-14,17H2. The van der Waals surface area contributed by atoms with Crippen LogP contribution < -0.4 is 9.47 Å². The third kappa shape index (κ3) is 4.00. The molecule has 1 aliphatic heterocycles. The van der Waals surface area contributed by atoms with Gasteiger partial charge in [-0.25, -0.2) is 9.48 Å². The topological polar surface area (TPSA) is 62.6 Å². The Bertz CT molecular complexity index is 1200. The second-order valence-corrected chi connectivity index (χ2v) is 7.08. The molecule has 0 bridgehead atoms. The lowest BCUT2D eigenvalue weighted by atomic mass is 10.1. The first-order valence-electron chi connectivity index (χ1n) is 10.0. The predicted octanol–water partition coefficient (Wildman–Crippen LogP) is 4.67. The van der Waals surface area contributed by atoms with Gasteiger partial charge in [0.15, 0.2) is 11.5 Å². The van der Waals surface area contributed by atoms with E-state index in [0.29, 0.717) is 30.3 Å². The molecule has 1 aliphatic rings. The number of hydrogen-bond donors (Lipinski definition) is 0. The number of ether oxygens (including phenoxy) is 3. The fourth-order valence-electron chi connectivity index (χ4n) is 3.46. The number of hydrogen-bond acceptors (Lipinski definition) is 5. The first-order chi connectivity index (χ1) is 15.3. The van der Waals surface area contributed by atoms with E-state index in [2.05, 4.69) is 0 Å². The Morgan fingerprint density at radius 1 is 0.903 bits per heavy atom. The highest BCUT2D eigenvalue weighted by atomic mass is 16.6. The maximum absolute atomic E-state index is 12.7. The van der Waals surface area contributed by atoms with Crippen molar-refractivity contribution >= 4 is 5.97 Å². The van der Waals surface area contributed by atoms with Crippen LogP contribution in [-0.4, -0.2) is 29.0 Å². The summed E-state index contributed by atoms with van der Waals surface area (Å²) in [4.78, 5) is 12.7. The largest absolute Gasteiger partial charge is 0.486 e. The van der Waals surface area contributed by atoms with E-state index in [9.17, 15) is 4.79 Å². The number of para-hydroxylation sites is 1. The van der Waals surface area contributed by atoms with Crippen molar-refractivity contribution < 1.29 is 19.0 Å². The lowest BCUT2D eigenvalue weighted by Gasteiger charge is -2.18. The van der Waals surface area contributed by atoms with Gasteiger partial charge in [0.2, 0.25) is 0 Å². The third-order valence-electron chi connectivity index (χ3n) is 4.99. The number of rotatable bonds is 5. The molecule has 0 atom stereocenters. The number of nitrogens with zero attached hydrogens (tertiary/aromatic N) is 2. The van der Waals surface area contributed by atoms with Gasteiger partial charge in [-0.05, 0) is 30.3 Å². The van der Waals surface area contributed by atoms with Crippen LogP contribution in [0.15, 0.2) is 85.1 Å². The summed E-state index contributed by atoms with van der Waals surface area (Å²) in [6.45, 7) is 1.07. The van der Waals surface area contributed by atoms with Gasteiger partial charge in [0.05, 0.1) is 16.9 Å². The van der Waals surface area contributed by atoms with Gasteiger partial charge in [-0.1, -0.05) is 48.5 Å². The van der Waals surface area contributed by atoms with E-state index in [1.165, 1.54) is 0 Å². The Morgan fingerprint density at radius 2 is 1.61 bits per heavy atom. The fourth-order valence-corrected chi connectivity index (χ4v) is 3.46. The van der Waals surface area contributed by atoms with Crippen molar-refractivity contribution in [3.05, 3.63) is 96.2 Å². The molecule has 154 valence electrons. The van der Waals surface area contributed by atoms with Crippen molar-refractivity contribution in [1.82, 2.24) is 9.78 Å². The zero-order valence-electron chi connectivity index (χ0n) is 16.7. The molecule has 2 heterocycles. The molecule has 0 aliphatic carbocycles. The van der Waals surface area contributed by atoms with E-state index in [1.807, 2.05) is 66.9 Å². The lowest BCUT2D eigenvalue weighted by Crippen LogP contribution is -2.16. The summed E-state index contributed by atoms with van der Waals surface area (Å²) in [5.41, 5.74) is 3.91. The average molecular weight is 412 g/mol. The molecule has 0 fully saturated rings. The van der Waals surface area contributed by atoms with E-state index in [0.717, 1.165) is 22.5 Å². The van der Waals surface area contributed by atoms with Crippen molar-refractivity contribution in [2.45, 2.75) is 6.61 Å².